The van der Waals surface area contributed by atoms with Crippen LogP contribution in [0, 0.1) is 5.92 Å². The van der Waals surface area contributed by atoms with E-state index in [1.165, 1.54) is 12.4 Å². The average molecular weight is 262 g/mol. The molecule has 2 amide bonds. The number of carbonyl (C=O) groups excluding carboxylic acids is 2. The minimum atomic E-state index is -0.347. The summed E-state index contributed by atoms with van der Waals surface area (Å²) >= 11 is 0. The Balaban J connectivity index is 2.01. The third-order valence-electron chi connectivity index (χ3n) is 3.48. The maximum atomic E-state index is 12.0. The topological polar surface area (TPSA) is 98.0 Å². The summed E-state index contributed by atoms with van der Waals surface area (Å²) in [6.45, 7) is 1.95. The predicted molar refractivity (Wildman–Crippen MR) is 69.2 cm³/mol. The highest BCUT2D eigenvalue weighted by Crippen LogP contribution is 2.25. The predicted octanol–water partition coefficient (Wildman–Crippen LogP) is 0.423. The molecular formula is C13H18N4O2. The van der Waals surface area contributed by atoms with E-state index in [4.69, 9.17) is 5.73 Å². The van der Waals surface area contributed by atoms with Crippen LogP contribution in [0.1, 0.15) is 42.4 Å². The lowest BCUT2D eigenvalue weighted by Crippen LogP contribution is -2.42. The number of amides is 2. The summed E-state index contributed by atoms with van der Waals surface area (Å²) in [6.07, 6.45) is 6.18. The summed E-state index contributed by atoms with van der Waals surface area (Å²) in [5.41, 5.74) is 5.74. The lowest BCUT2D eigenvalue weighted by molar-refractivity contribution is -0.122. The van der Waals surface area contributed by atoms with E-state index in [9.17, 15) is 9.59 Å². The lowest BCUT2D eigenvalue weighted by atomic mass is 10.0. The van der Waals surface area contributed by atoms with Gasteiger partial charge in [0.2, 0.25) is 5.91 Å². The van der Waals surface area contributed by atoms with Gasteiger partial charge in [0.15, 0.2) is 0 Å². The number of nitrogens with two attached hydrogens (primary N) is 1. The SMILES string of the molecule is CCc1ncc(C(=O)N[C@H]2CCC[C@H]2C(N)=O)cn1. The van der Waals surface area contributed by atoms with Crippen LogP contribution in [0.2, 0.25) is 0 Å². The zero-order valence-corrected chi connectivity index (χ0v) is 10.9. The van der Waals surface area contributed by atoms with Gasteiger partial charge in [-0.2, -0.15) is 0 Å². The molecule has 1 aliphatic rings. The number of aromatic nitrogens is 2. The lowest BCUT2D eigenvalue weighted by Gasteiger charge is -2.18. The van der Waals surface area contributed by atoms with Gasteiger partial charge in [-0.1, -0.05) is 13.3 Å². The van der Waals surface area contributed by atoms with Crippen LogP contribution < -0.4 is 11.1 Å². The van der Waals surface area contributed by atoms with E-state index in [0.29, 0.717) is 11.4 Å². The Labute approximate surface area is 111 Å². The summed E-state index contributed by atoms with van der Waals surface area (Å²) in [7, 11) is 0. The standard InChI is InChI=1S/C13H18N4O2/c1-2-11-15-6-8(7-16-11)13(19)17-10-5-3-4-9(10)12(14)18/h6-7,9-10H,2-5H2,1H3,(H2,14,18)(H,17,19)/t9-,10+/m1/s1. The summed E-state index contributed by atoms with van der Waals surface area (Å²) in [4.78, 5) is 31.5. The quantitative estimate of drug-likeness (QED) is 0.821. The van der Waals surface area contributed by atoms with Crippen LogP contribution in [-0.2, 0) is 11.2 Å². The van der Waals surface area contributed by atoms with Gasteiger partial charge in [-0.15, -0.1) is 0 Å². The van der Waals surface area contributed by atoms with Crippen molar-refractivity contribution in [2.75, 3.05) is 0 Å². The smallest absolute Gasteiger partial charge is 0.254 e. The first kappa shape index (κ1) is 13.5. The zero-order valence-electron chi connectivity index (χ0n) is 10.9. The van der Waals surface area contributed by atoms with Crippen LogP contribution in [0.4, 0.5) is 0 Å². The van der Waals surface area contributed by atoms with Gasteiger partial charge in [0.05, 0.1) is 11.5 Å². The van der Waals surface area contributed by atoms with E-state index in [-0.39, 0.29) is 23.8 Å². The summed E-state index contributed by atoms with van der Waals surface area (Å²) in [5, 5.41) is 2.84. The van der Waals surface area contributed by atoms with Gasteiger partial charge in [0.1, 0.15) is 5.82 Å². The Hall–Kier alpha value is -1.98. The van der Waals surface area contributed by atoms with E-state index in [0.717, 1.165) is 25.7 Å². The van der Waals surface area contributed by atoms with Gasteiger partial charge >= 0.3 is 0 Å². The van der Waals surface area contributed by atoms with E-state index < -0.39 is 0 Å². The molecule has 0 saturated heterocycles. The molecule has 102 valence electrons. The van der Waals surface area contributed by atoms with Crippen LogP contribution in [-0.4, -0.2) is 27.8 Å². The van der Waals surface area contributed by atoms with E-state index in [2.05, 4.69) is 15.3 Å². The molecular weight excluding hydrogens is 244 g/mol. The van der Waals surface area contributed by atoms with Crippen molar-refractivity contribution in [3.05, 3.63) is 23.8 Å². The molecule has 0 aromatic carbocycles. The van der Waals surface area contributed by atoms with Crippen molar-refractivity contribution in [3.8, 4) is 0 Å². The number of carbonyl (C=O) groups is 2. The van der Waals surface area contributed by atoms with Gasteiger partial charge in [0, 0.05) is 24.9 Å². The fourth-order valence-electron chi connectivity index (χ4n) is 2.38. The van der Waals surface area contributed by atoms with E-state index >= 15 is 0 Å². The number of rotatable bonds is 4. The largest absolute Gasteiger partial charge is 0.369 e. The molecule has 0 radical (unpaired) electrons. The van der Waals surface area contributed by atoms with Crippen LogP contribution in [0.5, 0.6) is 0 Å². The number of hydrogen-bond acceptors (Lipinski definition) is 4. The van der Waals surface area contributed by atoms with Crippen LogP contribution in [0.25, 0.3) is 0 Å². The molecule has 0 bridgehead atoms. The minimum absolute atomic E-state index is 0.171. The van der Waals surface area contributed by atoms with Crippen LogP contribution >= 0.6 is 0 Å². The number of primary amides is 1. The maximum absolute atomic E-state index is 12.0. The molecule has 0 unspecified atom stereocenters. The molecule has 1 aromatic rings. The second-order valence-corrected chi connectivity index (χ2v) is 4.76. The highest BCUT2D eigenvalue weighted by Gasteiger charge is 2.32. The first-order valence-corrected chi connectivity index (χ1v) is 6.53. The molecule has 6 heteroatoms. The number of hydrogen-bond donors (Lipinski definition) is 2. The molecule has 1 saturated carbocycles. The molecule has 6 nitrogen and oxygen atoms in total. The molecule has 1 fully saturated rings. The van der Waals surface area contributed by atoms with Gasteiger partial charge in [-0.25, -0.2) is 9.97 Å². The van der Waals surface area contributed by atoms with Gasteiger partial charge in [-0.3, -0.25) is 9.59 Å². The van der Waals surface area contributed by atoms with Gasteiger partial charge in [-0.05, 0) is 12.8 Å². The normalized spacial score (nSPS) is 22.2. The number of aryl methyl sites for hydroxylation is 1. The maximum Gasteiger partial charge on any atom is 0.254 e. The van der Waals surface area contributed by atoms with Crippen LogP contribution in [0.15, 0.2) is 12.4 Å². The molecule has 3 N–H and O–H groups in total. The first-order valence-electron chi connectivity index (χ1n) is 6.53. The highest BCUT2D eigenvalue weighted by molar-refractivity contribution is 5.94. The van der Waals surface area contributed by atoms with Crippen molar-refractivity contribution in [1.29, 1.82) is 0 Å². The van der Waals surface area contributed by atoms with Crippen molar-refractivity contribution < 1.29 is 9.59 Å². The van der Waals surface area contributed by atoms with E-state index in [1.807, 2.05) is 6.92 Å². The molecule has 0 aliphatic heterocycles. The molecule has 0 spiro atoms. The Morgan fingerprint density at radius 3 is 2.63 bits per heavy atom. The van der Waals surface area contributed by atoms with Gasteiger partial charge < -0.3 is 11.1 Å². The summed E-state index contributed by atoms with van der Waals surface area (Å²) < 4.78 is 0. The molecule has 2 atom stereocenters. The van der Waals surface area contributed by atoms with Crippen molar-refractivity contribution >= 4 is 11.8 Å². The second-order valence-electron chi connectivity index (χ2n) is 4.76. The fourth-order valence-corrected chi connectivity index (χ4v) is 2.38. The van der Waals surface area contributed by atoms with Crippen molar-refractivity contribution in [3.63, 3.8) is 0 Å². The van der Waals surface area contributed by atoms with Crippen molar-refractivity contribution in [2.24, 2.45) is 11.7 Å². The summed E-state index contributed by atoms with van der Waals surface area (Å²) in [6, 6.07) is -0.171. The Morgan fingerprint density at radius 2 is 2.05 bits per heavy atom. The molecule has 1 heterocycles. The average Bonchev–Trinajstić information content (AvgIpc) is 2.87. The number of nitrogens with zero attached hydrogens (tertiary/aromatic N) is 2. The molecule has 2 rings (SSSR count). The van der Waals surface area contributed by atoms with Crippen molar-refractivity contribution in [2.45, 2.75) is 38.6 Å². The third kappa shape index (κ3) is 3.07. The Morgan fingerprint density at radius 1 is 1.37 bits per heavy atom. The highest BCUT2D eigenvalue weighted by atomic mass is 16.2. The van der Waals surface area contributed by atoms with E-state index in [1.54, 1.807) is 0 Å². The zero-order chi connectivity index (χ0) is 13.8. The number of nitrogens with one attached hydrogen (secondary N) is 1. The van der Waals surface area contributed by atoms with Crippen molar-refractivity contribution in [1.82, 2.24) is 15.3 Å². The molecule has 1 aliphatic carbocycles. The van der Waals surface area contributed by atoms with Gasteiger partial charge in [0.25, 0.3) is 5.91 Å². The third-order valence-corrected chi connectivity index (χ3v) is 3.48. The van der Waals surface area contributed by atoms with Crippen LogP contribution in [0.3, 0.4) is 0 Å². The molecule has 1 aromatic heterocycles. The fraction of sp³-hybridized carbons (Fsp3) is 0.538. The molecule has 19 heavy (non-hydrogen) atoms. The Kier molecular flexibility index (Phi) is 4.09. The second kappa shape index (κ2) is 5.77. The monoisotopic (exact) mass is 262 g/mol. The Bertz CT molecular complexity index is 472. The first-order chi connectivity index (χ1) is 9.11. The summed E-state index contributed by atoms with van der Waals surface area (Å²) in [5.74, 6) is -0.159. The minimum Gasteiger partial charge on any atom is -0.369 e.